The quantitative estimate of drug-likeness (QED) is 0.344. The van der Waals surface area contributed by atoms with Crippen molar-refractivity contribution in [2.24, 2.45) is 7.05 Å². The second kappa shape index (κ2) is 9.02. The molecule has 4 aromatic rings. The number of aryl methyl sites for hydroxylation is 1. The van der Waals surface area contributed by atoms with E-state index in [1.54, 1.807) is 23.0 Å². The fraction of sp³-hybridized carbons (Fsp3) is 0.292. The van der Waals surface area contributed by atoms with Gasteiger partial charge in [0.05, 0.1) is 46.5 Å². The average Bonchev–Trinajstić information content (AvgIpc) is 3.54. The van der Waals surface area contributed by atoms with Crippen molar-refractivity contribution in [3.63, 3.8) is 0 Å². The third-order valence-electron chi connectivity index (χ3n) is 6.20. The van der Waals surface area contributed by atoms with E-state index >= 15 is 0 Å². The van der Waals surface area contributed by atoms with Gasteiger partial charge in [-0.2, -0.15) is 5.10 Å². The predicted molar refractivity (Wildman–Crippen MR) is 133 cm³/mol. The number of rotatable bonds is 4. The summed E-state index contributed by atoms with van der Waals surface area (Å²) in [5.74, 6) is 6.33. The van der Waals surface area contributed by atoms with Gasteiger partial charge in [-0.1, -0.05) is 24.1 Å². The third kappa shape index (κ3) is 3.99. The average molecular weight is 491 g/mol. The van der Waals surface area contributed by atoms with Gasteiger partial charge in [0.1, 0.15) is 17.8 Å². The largest absolute Gasteiger partial charge is 0.383 e. The van der Waals surface area contributed by atoms with Gasteiger partial charge in [-0.05, 0) is 30.6 Å². The molecule has 1 fully saturated rings. The predicted octanol–water partition coefficient (Wildman–Crippen LogP) is 2.32. The van der Waals surface area contributed by atoms with Crippen LogP contribution in [0.4, 0.5) is 5.82 Å². The Balaban J connectivity index is 1.57. The molecule has 0 saturated carbocycles. The van der Waals surface area contributed by atoms with Gasteiger partial charge in [0, 0.05) is 26.3 Å². The molecule has 35 heavy (non-hydrogen) atoms. The number of ether oxygens (including phenoxy) is 1. The van der Waals surface area contributed by atoms with E-state index in [-0.39, 0.29) is 23.8 Å². The highest BCUT2D eigenvalue weighted by atomic mass is 35.5. The van der Waals surface area contributed by atoms with Crippen LogP contribution in [0.1, 0.15) is 23.7 Å². The van der Waals surface area contributed by atoms with Crippen molar-refractivity contribution in [1.82, 2.24) is 34.2 Å². The van der Waals surface area contributed by atoms with Crippen molar-refractivity contribution in [3.8, 4) is 11.8 Å². The SMILES string of the molecule is C=CC(=O)N1C[C@@H](n2nc(C#Cc3cc4ncn(C)c4cc3Cl)c3c(N)ncnc32)C[C@@H]1COC. The number of amides is 1. The zero-order valence-electron chi connectivity index (χ0n) is 19.3. The van der Waals surface area contributed by atoms with E-state index in [1.165, 1.54) is 12.4 Å². The molecule has 0 spiro atoms. The first-order chi connectivity index (χ1) is 16.9. The van der Waals surface area contributed by atoms with E-state index < -0.39 is 0 Å². The number of benzene rings is 1. The molecule has 2 N–H and O–H groups in total. The third-order valence-corrected chi connectivity index (χ3v) is 6.52. The van der Waals surface area contributed by atoms with Crippen LogP contribution in [0.15, 0.2) is 37.4 Å². The number of hydrogen-bond acceptors (Lipinski definition) is 7. The number of methoxy groups -OCH3 is 1. The Morgan fingerprint density at radius 2 is 2.17 bits per heavy atom. The highest BCUT2D eigenvalue weighted by Crippen LogP contribution is 2.32. The van der Waals surface area contributed by atoms with Crippen LogP contribution in [0.25, 0.3) is 22.1 Å². The summed E-state index contributed by atoms with van der Waals surface area (Å²) in [6.07, 6.45) is 5.08. The molecule has 1 amide bonds. The minimum Gasteiger partial charge on any atom is -0.383 e. The monoisotopic (exact) mass is 490 g/mol. The fourth-order valence-electron chi connectivity index (χ4n) is 4.51. The Kier molecular flexibility index (Phi) is 5.88. The molecule has 1 aliphatic heterocycles. The number of imidazole rings is 1. The summed E-state index contributed by atoms with van der Waals surface area (Å²) < 4.78 is 9.00. The van der Waals surface area contributed by atoms with Crippen LogP contribution in [-0.2, 0) is 16.6 Å². The van der Waals surface area contributed by atoms with Gasteiger partial charge in [0.25, 0.3) is 0 Å². The van der Waals surface area contributed by atoms with E-state index in [9.17, 15) is 4.79 Å². The normalized spacial score (nSPS) is 17.6. The summed E-state index contributed by atoms with van der Waals surface area (Å²) in [5.41, 5.74) is 9.54. The molecule has 0 bridgehead atoms. The summed E-state index contributed by atoms with van der Waals surface area (Å²) in [5, 5.41) is 5.82. The molecule has 3 aromatic heterocycles. The first-order valence-corrected chi connectivity index (χ1v) is 11.3. The van der Waals surface area contributed by atoms with Crippen LogP contribution in [0.2, 0.25) is 5.02 Å². The van der Waals surface area contributed by atoms with Crippen LogP contribution >= 0.6 is 11.6 Å². The zero-order valence-corrected chi connectivity index (χ0v) is 20.0. The summed E-state index contributed by atoms with van der Waals surface area (Å²) in [7, 11) is 3.52. The Labute approximate surface area is 206 Å². The minimum atomic E-state index is -0.153. The lowest BCUT2D eigenvalue weighted by molar-refractivity contribution is -0.127. The maximum absolute atomic E-state index is 12.4. The Morgan fingerprint density at radius 3 is 2.94 bits per heavy atom. The van der Waals surface area contributed by atoms with E-state index in [2.05, 4.69) is 33.4 Å². The van der Waals surface area contributed by atoms with Crippen molar-refractivity contribution in [2.45, 2.75) is 18.5 Å². The molecule has 178 valence electrons. The second-order valence-corrected chi connectivity index (χ2v) is 8.78. The number of nitrogen functional groups attached to an aromatic ring is 1. The second-order valence-electron chi connectivity index (χ2n) is 8.37. The fourth-order valence-corrected chi connectivity index (χ4v) is 4.72. The van der Waals surface area contributed by atoms with Crippen molar-refractivity contribution < 1.29 is 9.53 Å². The molecular formula is C24H23ClN8O2. The number of hydrogen-bond donors (Lipinski definition) is 1. The summed E-state index contributed by atoms with van der Waals surface area (Å²) >= 11 is 6.49. The van der Waals surface area contributed by atoms with Crippen molar-refractivity contribution in [1.29, 1.82) is 0 Å². The Hall–Kier alpha value is -3.94. The van der Waals surface area contributed by atoms with E-state index in [0.29, 0.717) is 46.9 Å². The highest BCUT2D eigenvalue weighted by molar-refractivity contribution is 6.32. The van der Waals surface area contributed by atoms with Crippen LogP contribution < -0.4 is 5.73 Å². The molecule has 2 atom stereocenters. The maximum atomic E-state index is 12.4. The molecule has 0 unspecified atom stereocenters. The lowest BCUT2D eigenvalue weighted by atomic mass is 10.2. The first kappa shape index (κ1) is 22.8. The molecule has 1 aromatic carbocycles. The number of halogens is 1. The molecule has 4 heterocycles. The first-order valence-electron chi connectivity index (χ1n) is 10.9. The molecular weight excluding hydrogens is 468 g/mol. The van der Waals surface area contributed by atoms with Gasteiger partial charge in [-0.3, -0.25) is 4.79 Å². The molecule has 0 aliphatic carbocycles. The van der Waals surface area contributed by atoms with Gasteiger partial charge in [-0.25, -0.2) is 19.6 Å². The van der Waals surface area contributed by atoms with E-state index in [4.69, 9.17) is 27.2 Å². The number of likely N-dealkylation sites (tertiary alicyclic amines) is 1. The smallest absolute Gasteiger partial charge is 0.246 e. The van der Waals surface area contributed by atoms with Crippen LogP contribution in [0.5, 0.6) is 0 Å². The standard InChI is InChI=1S/C24H23ClN8O2/c1-4-21(34)32-10-15(8-16(32)11-35-3)33-24-22(23(26)27-12-28-24)18(30-33)6-5-14-7-19-20(9-17(14)25)31(2)13-29-19/h4,7,9,12-13,15-16H,1,8,10-11H2,2-3H3,(H2,26,27,28)/t15-,16+/m0/s1. The van der Waals surface area contributed by atoms with Crippen molar-refractivity contribution in [3.05, 3.63) is 53.7 Å². The molecule has 10 nitrogen and oxygen atoms in total. The van der Waals surface area contributed by atoms with Gasteiger partial charge in [0.2, 0.25) is 5.91 Å². The topological polar surface area (TPSA) is 117 Å². The zero-order chi connectivity index (χ0) is 24.7. The molecule has 1 aliphatic rings. The van der Waals surface area contributed by atoms with E-state index in [0.717, 1.165) is 11.0 Å². The number of carbonyl (C=O) groups excluding carboxylic acids is 1. The van der Waals surface area contributed by atoms with E-state index in [1.807, 2.05) is 23.7 Å². The number of nitrogens with zero attached hydrogens (tertiary/aromatic N) is 7. The molecule has 5 rings (SSSR count). The summed E-state index contributed by atoms with van der Waals surface area (Å²) in [6.45, 7) is 4.47. The van der Waals surface area contributed by atoms with Gasteiger partial charge >= 0.3 is 0 Å². The highest BCUT2D eigenvalue weighted by Gasteiger charge is 2.37. The number of anilines is 1. The summed E-state index contributed by atoms with van der Waals surface area (Å²) in [4.78, 5) is 27.1. The Morgan fingerprint density at radius 1 is 1.34 bits per heavy atom. The van der Waals surface area contributed by atoms with Crippen molar-refractivity contribution >= 4 is 45.4 Å². The van der Waals surface area contributed by atoms with Crippen LogP contribution in [-0.4, -0.2) is 66.4 Å². The van der Waals surface area contributed by atoms with Gasteiger partial charge < -0.3 is 19.9 Å². The number of carbonyl (C=O) groups is 1. The lowest BCUT2D eigenvalue weighted by Crippen LogP contribution is -2.37. The van der Waals surface area contributed by atoms with Crippen LogP contribution in [0, 0.1) is 11.8 Å². The number of aromatic nitrogens is 6. The number of fused-ring (bicyclic) bond motifs is 2. The number of nitrogens with two attached hydrogens (primary N) is 1. The molecule has 11 heteroatoms. The Bertz CT molecular complexity index is 1530. The van der Waals surface area contributed by atoms with Crippen molar-refractivity contribution in [2.75, 3.05) is 26.0 Å². The maximum Gasteiger partial charge on any atom is 0.246 e. The van der Waals surface area contributed by atoms with Crippen LogP contribution in [0.3, 0.4) is 0 Å². The van der Waals surface area contributed by atoms with Gasteiger partial charge in [0.15, 0.2) is 5.65 Å². The minimum absolute atomic E-state index is 0.104. The van der Waals surface area contributed by atoms with Gasteiger partial charge in [-0.15, -0.1) is 0 Å². The molecule has 0 radical (unpaired) electrons. The molecule has 1 saturated heterocycles. The summed E-state index contributed by atoms with van der Waals surface area (Å²) in [6, 6.07) is 3.43. The lowest BCUT2D eigenvalue weighted by Gasteiger charge is -2.22.